The zero-order valence-electron chi connectivity index (χ0n) is 12.8. The molecule has 0 spiro atoms. The number of carbonyl (C=O) groups is 2. The fourth-order valence-electron chi connectivity index (χ4n) is 1.94. The molecule has 2 amide bonds. The van der Waals surface area contributed by atoms with Crippen LogP contribution in [0, 0.1) is 13.8 Å². The summed E-state index contributed by atoms with van der Waals surface area (Å²) in [6, 6.07) is 2.96. The van der Waals surface area contributed by atoms with Crippen molar-refractivity contribution in [1.82, 2.24) is 10.2 Å². The molecule has 0 fully saturated rings. The van der Waals surface area contributed by atoms with Crippen LogP contribution in [0.25, 0.3) is 0 Å². The van der Waals surface area contributed by atoms with Crippen molar-refractivity contribution < 1.29 is 9.59 Å². The van der Waals surface area contributed by atoms with E-state index in [9.17, 15) is 9.59 Å². The molecule has 1 aromatic carbocycles. The van der Waals surface area contributed by atoms with E-state index in [2.05, 4.69) is 5.32 Å². The number of nitrogen functional groups attached to an aromatic ring is 1. The maximum Gasteiger partial charge on any atom is 0.252 e. The number of rotatable bonds is 4. The molecular formula is C15H23N3O2. The molecule has 110 valence electrons. The van der Waals surface area contributed by atoms with Crippen LogP contribution in [-0.4, -0.2) is 36.3 Å². The second-order valence-corrected chi connectivity index (χ2v) is 5.07. The standard InChI is InChI=1S/C15H23N3O2/c1-6-18(5)15(20)11(4)17-14(19)12-8-13(16)10(3)7-9(12)2/h7-8,11H,6,16H2,1-5H3,(H,17,19). The summed E-state index contributed by atoms with van der Waals surface area (Å²) in [5.41, 5.74) is 8.70. The predicted molar refractivity (Wildman–Crippen MR) is 80.6 cm³/mol. The Morgan fingerprint density at radius 1 is 1.30 bits per heavy atom. The van der Waals surface area contributed by atoms with Crippen molar-refractivity contribution in [2.24, 2.45) is 0 Å². The average molecular weight is 277 g/mol. The third-order valence-corrected chi connectivity index (χ3v) is 3.43. The highest BCUT2D eigenvalue weighted by Crippen LogP contribution is 2.17. The summed E-state index contributed by atoms with van der Waals surface area (Å²) in [5, 5.41) is 2.71. The number of likely N-dealkylation sites (N-methyl/N-ethyl adjacent to an activating group) is 1. The fraction of sp³-hybridized carbons (Fsp3) is 0.467. The van der Waals surface area contributed by atoms with Gasteiger partial charge in [0.1, 0.15) is 6.04 Å². The van der Waals surface area contributed by atoms with Crippen molar-refractivity contribution in [2.45, 2.75) is 33.7 Å². The summed E-state index contributed by atoms with van der Waals surface area (Å²) < 4.78 is 0. The van der Waals surface area contributed by atoms with Crippen LogP contribution < -0.4 is 11.1 Å². The highest BCUT2D eigenvalue weighted by atomic mass is 16.2. The molecule has 0 heterocycles. The second kappa shape index (κ2) is 6.41. The van der Waals surface area contributed by atoms with Crippen LogP contribution in [0.3, 0.4) is 0 Å². The Labute approximate surface area is 120 Å². The van der Waals surface area contributed by atoms with E-state index in [1.165, 1.54) is 0 Å². The molecule has 5 nitrogen and oxygen atoms in total. The van der Waals surface area contributed by atoms with Crippen LogP contribution in [-0.2, 0) is 4.79 Å². The number of amides is 2. The maximum absolute atomic E-state index is 12.2. The van der Waals surface area contributed by atoms with Crippen molar-refractivity contribution in [3.8, 4) is 0 Å². The summed E-state index contributed by atoms with van der Waals surface area (Å²) in [4.78, 5) is 25.7. The van der Waals surface area contributed by atoms with Gasteiger partial charge < -0.3 is 16.0 Å². The largest absolute Gasteiger partial charge is 0.398 e. The Hall–Kier alpha value is -2.04. The van der Waals surface area contributed by atoms with E-state index < -0.39 is 6.04 Å². The molecule has 0 radical (unpaired) electrons. The van der Waals surface area contributed by atoms with E-state index in [-0.39, 0.29) is 11.8 Å². The third-order valence-electron chi connectivity index (χ3n) is 3.43. The summed E-state index contributed by atoms with van der Waals surface area (Å²) in [6.45, 7) is 7.92. The van der Waals surface area contributed by atoms with Gasteiger partial charge in [0.15, 0.2) is 0 Å². The molecule has 0 aromatic heterocycles. The van der Waals surface area contributed by atoms with Gasteiger partial charge in [0.05, 0.1) is 0 Å². The van der Waals surface area contributed by atoms with E-state index in [1.54, 1.807) is 24.9 Å². The summed E-state index contributed by atoms with van der Waals surface area (Å²) in [6.07, 6.45) is 0. The first-order valence-electron chi connectivity index (χ1n) is 6.70. The quantitative estimate of drug-likeness (QED) is 0.819. The SMILES string of the molecule is CCN(C)C(=O)C(C)NC(=O)c1cc(N)c(C)cc1C. The Bertz CT molecular complexity index is 526. The topological polar surface area (TPSA) is 75.4 Å². The molecule has 1 atom stereocenters. The number of anilines is 1. The van der Waals surface area contributed by atoms with Crippen molar-refractivity contribution in [3.63, 3.8) is 0 Å². The Kier molecular flexibility index (Phi) is 5.13. The molecule has 5 heteroatoms. The smallest absolute Gasteiger partial charge is 0.252 e. The fourth-order valence-corrected chi connectivity index (χ4v) is 1.94. The van der Waals surface area contributed by atoms with Gasteiger partial charge in [0.25, 0.3) is 5.91 Å². The van der Waals surface area contributed by atoms with Gasteiger partial charge in [-0.2, -0.15) is 0 Å². The third kappa shape index (κ3) is 3.50. The van der Waals surface area contributed by atoms with Gasteiger partial charge in [-0.3, -0.25) is 9.59 Å². The van der Waals surface area contributed by atoms with Crippen molar-refractivity contribution in [1.29, 1.82) is 0 Å². The lowest BCUT2D eigenvalue weighted by Crippen LogP contribution is -2.45. The first-order chi connectivity index (χ1) is 9.27. The van der Waals surface area contributed by atoms with E-state index in [1.807, 2.05) is 26.8 Å². The molecule has 0 aliphatic carbocycles. The molecule has 1 rings (SSSR count). The van der Waals surface area contributed by atoms with Crippen LogP contribution in [0.15, 0.2) is 12.1 Å². The molecule has 1 unspecified atom stereocenters. The number of nitrogens with one attached hydrogen (secondary N) is 1. The summed E-state index contributed by atoms with van der Waals surface area (Å²) in [7, 11) is 1.71. The molecule has 0 saturated heterocycles. The Morgan fingerprint density at radius 2 is 1.90 bits per heavy atom. The number of hydrogen-bond acceptors (Lipinski definition) is 3. The van der Waals surface area contributed by atoms with Crippen LogP contribution in [0.4, 0.5) is 5.69 Å². The molecule has 0 saturated carbocycles. The minimum atomic E-state index is -0.561. The lowest BCUT2D eigenvalue weighted by atomic mass is 10.0. The van der Waals surface area contributed by atoms with E-state index in [4.69, 9.17) is 5.73 Å². The lowest BCUT2D eigenvalue weighted by molar-refractivity contribution is -0.131. The molecule has 3 N–H and O–H groups in total. The Balaban J connectivity index is 2.87. The van der Waals surface area contributed by atoms with Crippen molar-refractivity contribution >= 4 is 17.5 Å². The maximum atomic E-state index is 12.2. The number of carbonyl (C=O) groups excluding carboxylic acids is 2. The summed E-state index contributed by atoms with van der Waals surface area (Å²) >= 11 is 0. The number of benzene rings is 1. The molecule has 20 heavy (non-hydrogen) atoms. The monoisotopic (exact) mass is 277 g/mol. The predicted octanol–water partition coefficient (Wildman–Crippen LogP) is 1.48. The van der Waals surface area contributed by atoms with Gasteiger partial charge in [-0.05, 0) is 44.9 Å². The van der Waals surface area contributed by atoms with Gasteiger partial charge in [-0.25, -0.2) is 0 Å². The Morgan fingerprint density at radius 3 is 2.45 bits per heavy atom. The molecule has 0 aliphatic rings. The number of hydrogen-bond donors (Lipinski definition) is 2. The molecule has 1 aromatic rings. The van der Waals surface area contributed by atoms with Gasteiger partial charge in [0, 0.05) is 24.8 Å². The second-order valence-electron chi connectivity index (χ2n) is 5.07. The van der Waals surface area contributed by atoms with Crippen LogP contribution in [0.2, 0.25) is 0 Å². The van der Waals surface area contributed by atoms with E-state index in [0.29, 0.717) is 17.8 Å². The van der Waals surface area contributed by atoms with Crippen molar-refractivity contribution in [3.05, 3.63) is 28.8 Å². The summed E-state index contributed by atoms with van der Waals surface area (Å²) in [5.74, 6) is -0.391. The molecule has 0 aliphatic heterocycles. The number of nitrogens with zero attached hydrogens (tertiary/aromatic N) is 1. The normalized spacial score (nSPS) is 11.8. The van der Waals surface area contributed by atoms with E-state index >= 15 is 0 Å². The van der Waals surface area contributed by atoms with Crippen molar-refractivity contribution in [2.75, 3.05) is 19.3 Å². The molecule has 0 bridgehead atoms. The minimum Gasteiger partial charge on any atom is -0.398 e. The highest BCUT2D eigenvalue weighted by molar-refractivity contribution is 5.99. The van der Waals surface area contributed by atoms with Crippen LogP contribution in [0.5, 0.6) is 0 Å². The van der Waals surface area contributed by atoms with Crippen LogP contribution in [0.1, 0.15) is 35.3 Å². The van der Waals surface area contributed by atoms with Gasteiger partial charge in [-0.1, -0.05) is 6.07 Å². The van der Waals surface area contributed by atoms with E-state index in [0.717, 1.165) is 11.1 Å². The van der Waals surface area contributed by atoms with Gasteiger partial charge in [0.2, 0.25) is 5.91 Å². The first kappa shape index (κ1) is 16.0. The van der Waals surface area contributed by atoms with Crippen LogP contribution >= 0.6 is 0 Å². The highest BCUT2D eigenvalue weighted by Gasteiger charge is 2.20. The van der Waals surface area contributed by atoms with Gasteiger partial charge >= 0.3 is 0 Å². The first-order valence-corrected chi connectivity index (χ1v) is 6.70. The molecular weight excluding hydrogens is 254 g/mol. The zero-order valence-corrected chi connectivity index (χ0v) is 12.8. The average Bonchev–Trinajstić information content (AvgIpc) is 2.40. The number of aryl methyl sites for hydroxylation is 2. The van der Waals surface area contributed by atoms with Gasteiger partial charge in [-0.15, -0.1) is 0 Å². The zero-order chi connectivity index (χ0) is 15.4. The lowest BCUT2D eigenvalue weighted by Gasteiger charge is -2.21. The number of nitrogens with two attached hydrogens (primary N) is 1. The minimum absolute atomic E-state index is 0.112.